The summed E-state index contributed by atoms with van der Waals surface area (Å²) in [5, 5.41) is 20.7. The van der Waals surface area contributed by atoms with Gasteiger partial charge in [0.1, 0.15) is 0 Å². The van der Waals surface area contributed by atoms with E-state index in [0.29, 0.717) is 29.6 Å². The van der Waals surface area contributed by atoms with Crippen LogP contribution >= 0.6 is 0 Å². The second-order valence-electron chi connectivity index (χ2n) is 6.21. The summed E-state index contributed by atoms with van der Waals surface area (Å²) < 4.78 is 0. The largest absolute Gasteiger partial charge is 0.321 e. The van der Waals surface area contributed by atoms with Crippen molar-refractivity contribution < 1.29 is 14.5 Å². The molecular weight excluding hydrogens is 350 g/mol. The Morgan fingerprint density at radius 2 is 2.11 bits per heavy atom. The number of carbonyl (C=O) groups is 2. The third-order valence-corrected chi connectivity index (χ3v) is 4.46. The normalized spacial score (nSPS) is 13.9. The van der Waals surface area contributed by atoms with Gasteiger partial charge in [-0.1, -0.05) is 6.07 Å². The molecule has 2 aromatic carbocycles. The third-order valence-electron chi connectivity index (χ3n) is 4.46. The molecule has 0 atom stereocenters. The molecule has 2 amide bonds. The zero-order chi connectivity index (χ0) is 19.0. The summed E-state index contributed by atoms with van der Waals surface area (Å²) in [7, 11) is 0. The second-order valence-corrected chi connectivity index (χ2v) is 6.21. The Hall–Kier alpha value is -3.75. The first-order chi connectivity index (χ1) is 13.0. The van der Waals surface area contributed by atoms with E-state index in [1.54, 1.807) is 23.1 Å². The second kappa shape index (κ2) is 6.52. The summed E-state index contributed by atoms with van der Waals surface area (Å²) in [6.07, 6.45) is 1.34. The molecule has 2 N–H and O–H groups in total. The molecule has 0 saturated carbocycles. The minimum absolute atomic E-state index is 0.0593. The lowest BCUT2D eigenvalue weighted by molar-refractivity contribution is -0.384. The summed E-state index contributed by atoms with van der Waals surface area (Å²) in [6, 6.07) is 11.2. The number of non-ortho nitro benzene ring substituents is 1. The number of hydrogen-bond donors (Lipinski definition) is 2. The molecule has 1 aromatic heterocycles. The molecule has 0 aliphatic carbocycles. The van der Waals surface area contributed by atoms with Crippen molar-refractivity contribution in [1.82, 2.24) is 10.2 Å². The van der Waals surface area contributed by atoms with Crippen LogP contribution in [0, 0.1) is 10.1 Å². The van der Waals surface area contributed by atoms with E-state index in [9.17, 15) is 19.7 Å². The Morgan fingerprint density at radius 1 is 1.26 bits per heavy atom. The monoisotopic (exact) mass is 365 g/mol. The van der Waals surface area contributed by atoms with E-state index in [2.05, 4.69) is 15.5 Å². The number of carbonyl (C=O) groups excluding carboxylic acids is 2. The average Bonchev–Trinajstić information content (AvgIpc) is 3.27. The van der Waals surface area contributed by atoms with Gasteiger partial charge in [0.2, 0.25) is 5.91 Å². The quantitative estimate of drug-likeness (QED) is 0.544. The van der Waals surface area contributed by atoms with Crippen LogP contribution in [0.4, 0.5) is 17.1 Å². The molecule has 0 radical (unpaired) electrons. The van der Waals surface area contributed by atoms with Crippen LogP contribution in [0.1, 0.15) is 23.3 Å². The molecule has 1 saturated heterocycles. The fourth-order valence-electron chi connectivity index (χ4n) is 3.15. The summed E-state index contributed by atoms with van der Waals surface area (Å²) in [4.78, 5) is 36.7. The molecule has 9 nitrogen and oxygen atoms in total. The predicted molar refractivity (Wildman–Crippen MR) is 98.7 cm³/mol. The Balaban J connectivity index is 1.61. The van der Waals surface area contributed by atoms with Gasteiger partial charge in [-0.15, -0.1) is 0 Å². The Morgan fingerprint density at radius 3 is 2.85 bits per heavy atom. The first kappa shape index (κ1) is 16.7. The maximum atomic E-state index is 12.6. The summed E-state index contributed by atoms with van der Waals surface area (Å²) in [6.45, 7) is 0.657. The van der Waals surface area contributed by atoms with Crippen LogP contribution in [-0.2, 0) is 4.79 Å². The average molecular weight is 365 g/mol. The number of aromatic amines is 1. The van der Waals surface area contributed by atoms with E-state index in [-0.39, 0.29) is 17.3 Å². The molecule has 1 fully saturated rings. The maximum absolute atomic E-state index is 12.6. The van der Waals surface area contributed by atoms with E-state index >= 15 is 0 Å². The van der Waals surface area contributed by atoms with Crippen molar-refractivity contribution in [2.75, 3.05) is 16.8 Å². The van der Waals surface area contributed by atoms with Crippen molar-refractivity contribution in [2.24, 2.45) is 0 Å². The Labute approximate surface area is 153 Å². The zero-order valence-corrected chi connectivity index (χ0v) is 14.1. The molecule has 2 heterocycles. The minimum Gasteiger partial charge on any atom is -0.321 e. The third kappa shape index (κ3) is 3.10. The van der Waals surface area contributed by atoms with Crippen molar-refractivity contribution in [3.63, 3.8) is 0 Å². The number of aromatic nitrogens is 2. The van der Waals surface area contributed by atoms with E-state index < -0.39 is 10.8 Å². The van der Waals surface area contributed by atoms with Crippen molar-refractivity contribution >= 4 is 39.8 Å². The number of hydrogen-bond acceptors (Lipinski definition) is 5. The Kier molecular flexibility index (Phi) is 4.03. The molecule has 1 aliphatic heterocycles. The molecule has 4 rings (SSSR count). The highest BCUT2D eigenvalue weighted by Crippen LogP contribution is 2.26. The van der Waals surface area contributed by atoms with Gasteiger partial charge in [0.15, 0.2) is 5.69 Å². The van der Waals surface area contributed by atoms with E-state index in [1.165, 1.54) is 18.2 Å². The maximum Gasteiger partial charge on any atom is 0.276 e. The number of H-pyrrole nitrogens is 1. The lowest BCUT2D eigenvalue weighted by Crippen LogP contribution is -2.23. The van der Waals surface area contributed by atoms with Crippen LogP contribution in [0.3, 0.4) is 0 Å². The number of fused-ring (bicyclic) bond motifs is 1. The van der Waals surface area contributed by atoms with Crippen LogP contribution < -0.4 is 10.2 Å². The molecule has 1 aliphatic rings. The molecular formula is C18H15N5O4. The fraction of sp³-hybridized carbons (Fsp3) is 0.167. The van der Waals surface area contributed by atoms with E-state index in [4.69, 9.17) is 0 Å². The van der Waals surface area contributed by atoms with Gasteiger partial charge in [-0.3, -0.25) is 24.8 Å². The van der Waals surface area contributed by atoms with Crippen molar-refractivity contribution in [3.05, 3.63) is 58.3 Å². The minimum atomic E-state index is -0.523. The standard InChI is InChI=1S/C18H15N5O4/c24-16-5-2-8-22(16)12-4-1-3-11(9-12)19-18(25)17-14-10-13(23(26)27)6-7-15(14)20-21-17/h1,3-4,6-7,9-10H,2,5,8H2,(H,19,25)(H,20,21). The first-order valence-corrected chi connectivity index (χ1v) is 8.37. The predicted octanol–water partition coefficient (Wildman–Crippen LogP) is 2.85. The number of rotatable bonds is 4. The topological polar surface area (TPSA) is 121 Å². The molecule has 9 heteroatoms. The van der Waals surface area contributed by atoms with Gasteiger partial charge in [0.25, 0.3) is 11.6 Å². The highest BCUT2D eigenvalue weighted by molar-refractivity contribution is 6.11. The van der Waals surface area contributed by atoms with Crippen molar-refractivity contribution in [3.8, 4) is 0 Å². The number of benzene rings is 2. The summed E-state index contributed by atoms with van der Waals surface area (Å²) in [5.74, 6) is -0.435. The molecule has 0 spiro atoms. The van der Waals surface area contributed by atoms with Crippen LogP contribution in [0.15, 0.2) is 42.5 Å². The van der Waals surface area contributed by atoms with E-state index in [1.807, 2.05) is 6.07 Å². The Bertz CT molecular complexity index is 1070. The smallest absolute Gasteiger partial charge is 0.276 e. The van der Waals surface area contributed by atoms with Gasteiger partial charge in [-0.2, -0.15) is 5.10 Å². The SMILES string of the molecule is O=C(Nc1cccc(N2CCCC2=O)c1)c1n[nH]c2ccc([N+](=O)[O-])cc12. The molecule has 136 valence electrons. The highest BCUT2D eigenvalue weighted by Gasteiger charge is 2.22. The molecule has 3 aromatic rings. The lowest BCUT2D eigenvalue weighted by Gasteiger charge is -2.16. The fourth-order valence-corrected chi connectivity index (χ4v) is 3.15. The number of nitro benzene ring substituents is 1. The summed E-state index contributed by atoms with van der Waals surface area (Å²) in [5.41, 5.74) is 1.71. The highest BCUT2D eigenvalue weighted by atomic mass is 16.6. The summed E-state index contributed by atoms with van der Waals surface area (Å²) >= 11 is 0. The zero-order valence-electron chi connectivity index (χ0n) is 14.1. The number of nitrogens with zero attached hydrogens (tertiary/aromatic N) is 3. The van der Waals surface area contributed by atoms with Crippen LogP contribution in [0.2, 0.25) is 0 Å². The number of nitro groups is 1. The number of anilines is 2. The first-order valence-electron chi connectivity index (χ1n) is 8.37. The number of amides is 2. The number of nitrogens with one attached hydrogen (secondary N) is 2. The molecule has 0 bridgehead atoms. The van der Waals surface area contributed by atoms with Gasteiger partial charge in [0, 0.05) is 41.9 Å². The van der Waals surface area contributed by atoms with Gasteiger partial charge in [-0.25, -0.2) is 0 Å². The van der Waals surface area contributed by atoms with Crippen molar-refractivity contribution in [2.45, 2.75) is 12.8 Å². The molecule has 27 heavy (non-hydrogen) atoms. The van der Waals surface area contributed by atoms with Gasteiger partial charge in [-0.05, 0) is 30.7 Å². The van der Waals surface area contributed by atoms with Crippen LogP contribution in [0.25, 0.3) is 10.9 Å². The van der Waals surface area contributed by atoms with Gasteiger partial charge >= 0.3 is 0 Å². The molecule has 0 unspecified atom stereocenters. The van der Waals surface area contributed by atoms with Crippen molar-refractivity contribution in [1.29, 1.82) is 0 Å². The lowest BCUT2D eigenvalue weighted by atomic mass is 10.1. The van der Waals surface area contributed by atoms with Gasteiger partial charge in [0.05, 0.1) is 10.4 Å². The van der Waals surface area contributed by atoms with Crippen LogP contribution in [-0.4, -0.2) is 33.5 Å². The van der Waals surface area contributed by atoms with Crippen LogP contribution in [0.5, 0.6) is 0 Å². The van der Waals surface area contributed by atoms with E-state index in [0.717, 1.165) is 12.1 Å². The van der Waals surface area contributed by atoms with Gasteiger partial charge < -0.3 is 10.2 Å².